The first kappa shape index (κ1) is 20.2. The van der Waals surface area contributed by atoms with Crippen molar-refractivity contribution in [3.63, 3.8) is 0 Å². The monoisotopic (exact) mass is 423 g/mol. The lowest BCUT2D eigenvalue weighted by Gasteiger charge is -2.35. The van der Waals surface area contributed by atoms with E-state index in [9.17, 15) is 4.79 Å². The Morgan fingerprint density at radius 1 is 1.27 bits per heavy atom. The van der Waals surface area contributed by atoms with Gasteiger partial charge in [0.05, 0.1) is 23.1 Å². The molecule has 1 aliphatic heterocycles. The van der Waals surface area contributed by atoms with Crippen molar-refractivity contribution in [1.29, 1.82) is 0 Å². The van der Waals surface area contributed by atoms with Gasteiger partial charge in [0.25, 0.3) is 0 Å². The molecule has 0 spiro atoms. The summed E-state index contributed by atoms with van der Waals surface area (Å²) in [6.07, 6.45) is 8.10. The maximum Gasteiger partial charge on any atom is 0.247 e. The number of thiazole rings is 1. The quantitative estimate of drug-likeness (QED) is 0.628. The predicted molar refractivity (Wildman–Crippen MR) is 117 cm³/mol. The second-order valence-electron chi connectivity index (χ2n) is 7.40. The Morgan fingerprint density at radius 2 is 2.13 bits per heavy atom. The van der Waals surface area contributed by atoms with Gasteiger partial charge < -0.3 is 10.2 Å². The van der Waals surface area contributed by atoms with Crippen LogP contribution in [0.2, 0.25) is 0 Å². The molecule has 9 heteroatoms. The molecular formula is C21H25N7OS. The summed E-state index contributed by atoms with van der Waals surface area (Å²) in [4.78, 5) is 28.5. The molecule has 1 N–H and O–H groups in total. The number of amides is 1. The van der Waals surface area contributed by atoms with E-state index >= 15 is 0 Å². The molecule has 3 aromatic heterocycles. The molecule has 1 atom stereocenters. The number of aryl methyl sites for hydroxylation is 3. The van der Waals surface area contributed by atoms with E-state index in [4.69, 9.17) is 0 Å². The lowest BCUT2D eigenvalue weighted by atomic mass is 9.98. The lowest BCUT2D eigenvalue weighted by Crippen LogP contribution is -2.38. The van der Waals surface area contributed by atoms with Gasteiger partial charge in [0, 0.05) is 37.3 Å². The van der Waals surface area contributed by atoms with Crippen molar-refractivity contribution in [3.05, 3.63) is 52.7 Å². The summed E-state index contributed by atoms with van der Waals surface area (Å²) in [7, 11) is 1.86. The maximum absolute atomic E-state index is 13.0. The van der Waals surface area contributed by atoms with Crippen LogP contribution >= 0.6 is 11.3 Å². The zero-order valence-corrected chi connectivity index (χ0v) is 18.2. The predicted octanol–water partition coefficient (Wildman–Crippen LogP) is 3.79. The average molecular weight is 424 g/mol. The first-order valence-corrected chi connectivity index (χ1v) is 10.9. The zero-order chi connectivity index (χ0) is 21.1. The number of rotatable bonds is 5. The van der Waals surface area contributed by atoms with Gasteiger partial charge in [-0.05, 0) is 45.3 Å². The molecule has 1 fully saturated rings. The number of carbonyl (C=O) groups is 1. The average Bonchev–Trinajstić information content (AvgIpc) is 3.33. The molecule has 4 rings (SSSR count). The summed E-state index contributed by atoms with van der Waals surface area (Å²) < 4.78 is 1.74. The first-order chi connectivity index (χ1) is 14.5. The summed E-state index contributed by atoms with van der Waals surface area (Å²) in [5, 5.41) is 10.2. The van der Waals surface area contributed by atoms with Crippen LogP contribution in [-0.4, -0.2) is 42.1 Å². The summed E-state index contributed by atoms with van der Waals surface area (Å²) in [6.45, 7) is 4.55. The van der Waals surface area contributed by atoms with Crippen molar-refractivity contribution in [1.82, 2.24) is 29.6 Å². The number of nitrogens with zero attached hydrogens (tertiary/aromatic N) is 6. The third-order valence-electron chi connectivity index (χ3n) is 5.09. The fourth-order valence-corrected chi connectivity index (χ4v) is 4.34. The molecule has 30 heavy (non-hydrogen) atoms. The molecule has 0 aliphatic carbocycles. The van der Waals surface area contributed by atoms with Crippen molar-refractivity contribution in [3.8, 4) is 0 Å². The van der Waals surface area contributed by atoms with Gasteiger partial charge in [-0.2, -0.15) is 5.10 Å². The summed E-state index contributed by atoms with van der Waals surface area (Å²) in [5.74, 6) is 1.36. The summed E-state index contributed by atoms with van der Waals surface area (Å²) in [6, 6.07) is 3.75. The lowest BCUT2D eigenvalue weighted by molar-refractivity contribution is -0.129. The van der Waals surface area contributed by atoms with Crippen LogP contribution < -0.4 is 5.32 Å². The number of hydrogen-bond donors (Lipinski definition) is 1. The third kappa shape index (κ3) is 4.56. The molecule has 0 aromatic carbocycles. The van der Waals surface area contributed by atoms with E-state index in [-0.39, 0.29) is 11.9 Å². The van der Waals surface area contributed by atoms with Crippen LogP contribution in [0.1, 0.15) is 48.2 Å². The van der Waals surface area contributed by atoms with E-state index in [0.29, 0.717) is 11.6 Å². The highest BCUT2D eigenvalue weighted by Gasteiger charge is 2.28. The molecule has 0 bridgehead atoms. The van der Waals surface area contributed by atoms with Crippen LogP contribution in [0.15, 0.2) is 29.8 Å². The Kier molecular flexibility index (Phi) is 5.89. The molecule has 1 aliphatic rings. The molecule has 3 aromatic rings. The minimum absolute atomic E-state index is 0.0118. The van der Waals surface area contributed by atoms with Gasteiger partial charge in [-0.3, -0.25) is 9.48 Å². The van der Waals surface area contributed by atoms with Crippen molar-refractivity contribution >= 4 is 34.3 Å². The molecule has 0 unspecified atom stereocenters. The van der Waals surface area contributed by atoms with Gasteiger partial charge in [-0.25, -0.2) is 15.0 Å². The minimum Gasteiger partial charge on any atom is -0.331 e. The van der Waals surface area contributed by atoms with E-state index < -0.39 is 0 Å². The van der Waals surface area contributed by atoms with Gasteiger partial charge in [-0.1, -0.05) is 0 Å². The van der Waals surface area contributed by atoms with Gasteiger partial charge in [0.2, 0.25) is 5.91 Å². The van der Waals surface area contributed by atoms with Crippen LogP contribution in [0.5, 0.6) is 0 Å². The molecule has 1 amide bonds. The fourth-order valence-electron chi connectivity index (χ4n) is 3.65. The van der Waals surface area contributed by atoms with Crippen LogP contribution in [0.3, 0.4) is 0 Å². The summed E-state index contributed by atoms with van der Waals surface area (Å²) in [5.41, 5.74) is 2.72. The number of piperidine rings is 1. The van der Waals surface area contributed by atoms with E-state index in [1.54, 1.807) is 28.3 Å². The van der Waals surface area contributed by atoms with Crippen LogP contribution in [0, 0.1) is 13.8 Å². The zero-order valence-electron chi connectivity index (χ0n) is 17.4. The Morgan fingerprint density at radius 3 is 2.87 bits per heavy atom. The second kappa shape index (κ2) is 8.74. The van der Waals surface area contributed by atoms with Gasteiger partial charge in [0.1, 0.15) is 11.6 Å². The van der Waals surface area contributed by atoms with Crippen molar-refractivity contribution in [2.75, 3.05) is 11.9 Å². The standard InChI is InChI=1S/C21H25N7OS/c1-14-13-30-21(23-14)26-19-12-17(24-15(2)25-19)18-6-4-5-11-28(18)20(29)8-7-16-9-10-22-27(16)3/h7-10,12-13,18H,4-6,11H2,1-3H3,(H,23,24,25,26)/b8-7+/t18-/m1/s1. The van der Waals surface area contributed by atoms with Crippen LogP contribution in [0.4, 0.5) is 10.9 Å². The van der Waals surface area contributed by atoms with Crippen LogP contribution in [0.25, 0.3) is 6.08 Å². The van der Waals surface area contributed by atoms with Gasteiger partial charge in [0.15, 0.2) is 5.13 Å². The highest BCUT2D eigenvalue weighted by Crippen LogP contribution is 2.32. The smallest absolute Gasteiger partial charge is 0.247 e. The fraction of sp³-hybridized carbons (Fsp3) is 0.381. The highest BCUT2D eigenvalue weighted by atomic mass is 32.1. The van der Waals surface area contributed by atoms with E-state index in [2.05, 4.69) is 25.4 Å². The number of nitrogens with one attached hydrogen (secondary N) is 1. The largest absolute Gasteiger partial charge is 0.331 e. The molecule has 0 radical (unpaired) electrons. The van der Waals surface area contributed by atoms with Gasteiger partial charge >= 0.3 is 0 Å². The van der Waals surface area contributed by atoms with Crippen molar-refractivity contribution in [2.45, 2.75) is 39.2 Å². The molecule has 4 heterocycles. The number of carbonyl (C=O) groups excluding carboxylic acids is 1. The number of hydrogen-bond acceptors (Lipinski definition) is 7. The van der Waals surface area contributed by atoms with Gasteiger partial charge in [-0.15, -0.1) is 11.3 Å². The third-order valence-corrected chi connectivity index (χ3v) is 5.97. The van der Waals surface area contributed by atoms with E-state index in [1.807, 2.05) is 49.4 Å². The Labute approximate surface area is 179 Å². The molecular weight excluding hydrogens is 398 g/mol. The van der Waals surface area contributed by atoms with E-state index in [1.165, 1.54) is 0 Å². The molecule has 1 saturated heterocycles. The molecule has 8 nitrogen and oxygen atoms in total. The minimum atomic E-state index is -0.0669. The normalized spacial score (nSPS) is 16.9. The first-order valence-electron chi connectivity index (χ1n) is 10.0. The number of likely N-dealkylation sites (tertiary alicyclic amines) is 1. The molecule has 156 valence electrons. The topological polar surface area (TPSA) is 88.8 Å². The Bertz CT molecular complexity index is 1070. The summed E-state index contributed by atoms with van der Waals surface area (Å²) >= 11 is 1.54. The number of aromatic nitrogens is 5. The Balaban J connectivity index is 1.56. The highest BCUT2D eigenvalue weighted by molar-refractivity contribution is 7.13. The molecule has 0 saturated carbocycles. The second-order valence-corrected chi connectivity index (χ2v) is 8.26. The SMILES string of the molecule is Cc1csc(Nc2cc([C@H]3CCCCN3C(=O)/C=C/c3ccnn3C)nc(C)n2)n1. The van der Waals surface area contributed by atoms with Crippen molar-refractivity contribution < 1.29 is 4.79 Å². The number of anilines is 2. The Hall–Kier alpha value is -3.07. The van der Waals surface area contributed by atoms with Crippen molar-refractivity contribution in [2.24, 2.45) is 7.05 Å². The van der Waals surface area contributed by atoms with E-state index in [0.717, 1.165) is 48.0 Å². The van der Waals surface area contributed by atoms with Crippen LogP contribution in [-0.2, 0) is 11.8 Å². The maximum atomic E-state index is 13.0.